The molecule has 22 heavy (non-hydrogen) atoms. The van der Waals surface area contributed by atoms with Crippen LogP contribution in [0.1, 0.15) is 40.5 Å². The second kappa shape index (κ2) is 7.94. The van der Waals surface area contributed by atoms with Gasteiger partial charge >= 0.3 is 0 Å². The highest BCUT2D eigenvalue weighted by Crippen LogP contribution is 2.18. The fourth-order valence-corrected chi connectivity index (χ4v) is 2.72. The zero-order valence-corrected chi connectivity index (χ0v) is 13.3. The molecule has 1 heterocycles. The molecule has 0 aliphatic carbocycles. The second-order valence-corrected chi connectivity index (χ2v) is 5.83. The maximum atomic E-state index is 12.6. The standard InChI is InChI=1S/C17H24N2O3/c1-13-5-4-9-19(12-13)17(21)15-7-3-6-14(11-15)16(20)18-8-10-22-2/h3,6-7,11,13H,4-5,8-10,12H2,1-2H3,(H,18,20). The lowest BCUT2D eigenvalue weighted by atomic mass is 9.99. The molecule has 1 aliphatic rings. The lowest BCUT2D eigenvalue weighted by molar-refractivity contribution is 0.0683. The minimum absolute atomic E-state index is 0.0121. The van der Waals surface area contributed by atoms with Crippen LogP contribution in [0.4, 0.5) is 0 Å². The van der Waals surface area contributed by atoms with Crippen molar-refractivity contribution in [3.63, 3.8) is 0 Å². The predicted molar refractivity (Wildman–Crippen MR) is 85.0 cm³/mol. The van der Waals surface area contributed by atoms with Crippen LogP contribution in [0.2, 0.25) is 0 Å². The van der Waals surface area contributed by atoms with E-state index in [1.54, 1.807) is 31.4 Å². The van der Waals surface area contributed by atoms with Crippen molar-refractivity contribution in [2.75, 3.05) is 33.4 Å². The summed E-state index contributed by atoms with van der Waals surface area (Å²) in [5, 5.41) is 2.76. The molecule has 1 N–H and O–H groups in total. The van der Waals surface area contributed by atoms with Crippen LogP contribution in [-0.2, 0) is 4.74 Å². The highest BCUT2D eigenvalue weighted by Gasteiger charge is 2.22. The Bertz CT molecular complexity index is 530. The molecule has 0 spiro atoms. The van der Waals surface area contributed by atoms with Crippen molar-refractivity contribution >= 4 is 11.8 Å². The monoisotopic (exact) mass is 304 g/mol. The number of likely N-dealkylation sites (tertiary alicyclic amines) is 1. The predicted octanol–water partition coefficient (Wildman–Crippen LogP) is 1.93. The van der Waals surface area contributed by atoms with Gasteiger partial charge < -0.3 is 15.0 Å². The third-order valence-corrected chi connectivity index (χ3v) is 3.91. The van der Waals surface area contributed by atoms with Gasteiger partial charge in [0.2, 0.25) is 0 Å². The Morgan fingerprint density at radius 3 is 2.86 bits per heavy atom. The van der Waals surface area contributed by atoms with Crippen molar-refractivity contribution in [1.29, 1.82) is 0 Å². The first-order chi connectivity index (χ1) is 10.6. The van der Waals surface area contributed by atoms with E-state index < -0.39 is 0 Å². The number of carbonyl (C=O) groups excluding carboxylic acids is 2. The Hall–Kier alpha value is -1.88. The maximum Gasteiger partial charge on any atom is 0.253 e. The average Bonchev–Trinajstić information content (AvgIpc) is 2.54. The minimum Gasteiger partial charge on any atom is -0.383 e. The van der Waals surface area contributed by atoms with Gasteiger partial charge in [-0.2, -0.15) is 0 Å². The van der Waals surface area contributed by atoms with Crippen molar-refractivity contribution in [3.8, 4) is 0 Å². The summed E-state index contributed by atoms with van der Waals surface area (Å²) >= 11 is 0. The molecule has 1 aromatic carbocycles. The van der Waals surface area contributed by atoms with Crippen molar-refractivity contribution in [2.45, 2.75) is 19.8 Å². The minimum atomic E-state index is -0.182. The van der Waals surface area contributed by atoms with Crippen LogP contribution in [0.15, 0.2) is 24.3 Å². The third-order valence-electron chi connectivity index (χ3n) is 3.91. The van der Waals surface area contributed by atoms with Gasteiger partial charge in [-0.1, -0.05) is 13.0 Å². The van der Waals surface area contributed by atoms with Gasteiger partial charge in [0.1, 0.15) is 0 Å². The zero-order valence-electron chi connectivity index (χ0n) is 13.3. The molecule has 2 amide bonds. The number of amides is 2. The van der Waals surface area contributed by atoms with Gasteiger partial charge in [-0.25, -0.2) is 0 Å². The summed E-state index contributed by atoms with van der Waals surface area (Å²) < 4.78 is 4.90. The summed E-state index contributed by atoms with van der Waals surface area (Å²) in [4.78, 5) is 26.5. The molecule has 2 rings (SSSR count). The number of nitrogens with zero attached hydrogens (tertiary/aromatic N) is 1. The highest BCUT2D eigenvalue weighted by atomic mass is 16.5. The molecule has 1 aliphatic heterocycles. The molecule has 120 valence electrons. The van der Waals surface area contributed by atoms with Crippen molar-refractivity contribution in [1.82, 2.24) is 10.2 Å². The van der Waals surface area contributed by atoms with Crippen LogP contribution in [-0.4, -0.2) is 50.1 Å². The van der Waals surface area contributed by atoms with E-state index in [1.807, 2.05) is 4.90 Å². The summed E-state index contributed by atoms with van der Waals surface area (Å²) in [7, 11) is 1.59. The van der Waals surface area contributed by atoms with Crippen molar-refractivity contribution in [3.05, 3.63) is 35.4 Å². The lowest BCUT2D eigenvalue weighted by Gasteiger charge is -2.31. The number of hydrogen-bond acceptors (Lipinski definition) is 3. The van der Waals surface area contributed by atoms with Crippen LogP contribution in [0.25, 0.3) is 0 Å². The number of nitrogens with one attached hydrogen (secondary N) is 1. The number of ether oxygens (including phenoxy) is 1. The number of piperidine rings is 1. The molecule has 5 nitrogen and oxygen atoms in total. The molecule has 1 saturated heterocycles. The Morgan fingerprint density at radius 1 is 1.36 bits per heavy atom. The maximum absolute atomic E-state index is 12.6. The Labute approximate surface area is 131 Å². The summed E-state index contributed by atoms with van der Waals surface area (Å²) in [6.07, 6.45) is 2.22. The average molecular weight is 304 g/mol. The van der Waals surface area contributed by atoms with Crippen molar-refractivity contribution < 1.29 is 14.3 Å². The van der Waals surface area contributed by atoms with Gasteiger partial charge in [-0.3, -0.25) is 9.59 Å². The molecule has 1 aromatic rings. The Balaban J connectivity index is 2.04. The highest BCUT2D eigenvalue weighted by molar-refractivity contribution is 5.99. The van der Waals surface area contributed by atoms with E-state index in [4.69, 9.17) is 4.74 Å². The summed E-state index contributed by atoms with van der Waals surface area (Å²) in [6.45, 7) is 4.68. The lowest BCUT2D eigenvalue weighted by Crippen LogP contribution is -2.39. The molecule has 1 fully saturated rings. The Morgan fingerprint density at radius 2 is 2.14 bits per heavy atom. The van der Waals surface area contributed by atoms with Gasteiger partial charge in [0, 0.05) is 37.9 Å². The van der Waals surface area contributed by atoms with Crippen LogP contribution in [0, 0.1) is 5.92 Å². The number of benzene rings is 1. The van der Waals surface area contributed by atoms with Gasteiger partial charge in [0.15, 0.2) is 0 Å². The number of rotatable bonds is 5. The number of hydrogen-bond donors (Lipinski definition) is 1. The van der Waals surface area contributed by atoms with E-state index in [-0.39, 0.29) is 11.8 Å². The van der Waals surface area contributed by atoms with E-state index in [1.165, 1.54) is 6.42 Å². The molecular formula is C17H24N2O3. The van der Waals surface area contributed by atoms with Crippen LogP contribution in [0.3, 0.4) is 0 Å². The molecule has 0 aromatic heterocycles. The zero-order chi connectivity index (χ0) is 15.9. The van der Waals surface area contributed by atoms with Gasteiger partial charge in [-0.05, 0) is 37.0 Å². The van der Waals surface area contributed by atoms with Crippen molar-refractivity contribution in [2.24, 2.45) is 5.92 Å². The molecule has 0 saturated carbocycles. The number of carbonyl (C=O) groups is 2. The van der Waals surface area contributed by atoms with E-state index in [0.717, 1.165) is 19.5 Å². The fraction of sp³-hybridized carbons (Fsp3) is 0.529. The molecule has 0 radical (unpaired) electrons. The van der Waals surface area contributed by atoms with Crippen LogP contribution < -0.4 is 5.32 Å². The first-order valence-electron chi connectivity index (χ1n) is 7.78. The molecular weight excluding hydrogens is 280 g/mol. The smallest absolute Gasteiger partial charge is 0.253 e. The van der Waals surface area contributed by atoms with Gasteiger partial charge in [-0.15, -0.1) is 0 Å². The third kappa shape index (κ3) is 4.31. The fourth-order valence-electron chi connectivity index (χ4n) is 2.72. The van der Waals surface area contributed by atoms with Crippen LogP contribution >= 0.6 is 0 Å². The summed E-state index contributed by atoms with van der Waals surface area (Å²) in [6, 6.07) is 6.92. The first-order valence-corrected chi connectivity index (χ1v) is 7.78. The van der Waals surface area contributed by atoms with Crippen LogP contribution in [0.5, 0.6) is 0 Å². The van der Waals surface area contributed by atoms with E-state index in [0.29, 0.717) is 30.2 Å². The summed E-state index contributed by atoms with van der Waals surface area (Å²) in [5.74, 6) is 0.370. The first kappa shape index (κ1) is 16.5. The topological polar surface area (TPSA) is 58.6 Å². The quantitative estimate of drug-likeness (QED) is 0.846. The molecule has 1 atom stereocenters. The SMILES string of the molecule is COCCNC(=O)c1cccc(C(=O)N2CCCC(C)C2)c1. The van der Waals surface area contributed by atoms with E-state index >= 15 is 0 Å². The molecule has 5 heteroatoms. The second-order valence-electron chi connectivity index (χ2n) is 5.83. The number of methoxy groups -OCH3 is 1. The van der Waals surface area contributed by atoms with E-state index in [9.17, 15) is 9.59 Å². The molecule has 1 unspecified atom stereocenters. The Kier molecular flexibility index (Phi) is 5.95. The van der Waals surface area contributed by atoms with E-state index in [2.05, 4.69) is 12.2 Å². The molecule has 0 bridgehead atoms. The van der Waals surface area contributed by atoms with Gasteiger partial charge in [0.25, 0.3) is 11.8 Å². The summed E-state index contributed by atoms with van der Waals surface area (Å²) in [5.41, 5.74) is 1.08. The normalized spacial score (nSPS) is 18.1. The van der Waals surface area contributed by atoms with Gasteiger partial charge in [0.05, 0.1) is 6.61 Å². The largest absolute Gasteiger partial charge is 0.383 e.